The summed E-state index contributed by atoms with van der Waals surface area (Å²) < 4.78 is 10.4. The van der Waals surface area contributed by atoms with Gasteiger partial charge in [0.05, 0.1) is 7.11 Å². The fourth-order valence-corrected chi connectivity index (χ4v) is 3.68. The Hall–Kier alpha value is -3.61. The molecule has 7 nitrogen and oxygen atoms in total. The Balaban J connectivity index is 1.70. The molecule has 2 aromatic carbocycles. The van der Waals surface area contributed by atoms with E-state index in [0.717, 1.165) is 44.4 Å². The molecular formula is C22H21N3O4. The highest BCUT2D eigenvalue weighted by molar-refractivity contribution is 5.89. The molecule has 0 unspecified atom stereocenters. The average molecular weight is 391 g/mol. The number of H-pyrrole nitrogens is 1. The molecule has 2 N–H and O–H groups in total. The van der Waals surface area contributed by atoms with Gasteiger partial charge in [-0.15, -0.1) is 5.10 Å². The van der Waals surface area contributed by atoms with Crippen LogP contribution in [0.1, 0.15) is 23.1 Å². The van der Waals surface area contributed by atoms with Crippen LogP contribution in [0, 0.1) is 13.8 Å². The maximum Gasteiger partial charge on any atom is 0.414 e. The summed E-state index contributed by atoms with van der Waals surface area (Å²) in [6, 6.07) is 12.1. The van der Waals surface area contributed by atoms with Crippen molar-refractivity contribution in [1.82, 2.24) is 15.2 Å². The van der Waals surface area contributed by atoms with Gasteiger partial charge in [-0.2, -0.15) is 0 Å². The highest BCUT2D eigenvalue weighted by Gasteiger charge is 2.14. The number of rotatable bonds is 6. The van der Waals surface area contributed by atoms with Crippen LogP contribution in [0.3, 0.4) is 0 Å². The summed E-state index contributed by atoms with van der Waals surface area (Å²) in [6.45, 7) is 4.10. The van der Waals surface area contributed by atoms with Crippen molar-refractivity contribution in [2.45, 2.75) is 26.7 Å². The van der Waals surface area contributed by atoms with Crippen LogP contribution < -0.4 is 4.74 Å². The molecule has 0 radical (unpaired) electrons. The van der Waals surface area contributed by atoms with Crippen LogP contribution in [0.2, 0.25) is 0 Å². The minimum Gasteiger partial charge on any atom is -0.481 e. The van der Waals surface area contributed by atoms with E-state index in [1.807, 2.05) is 32.0 Å². The van der Waals surface area contributed by atoms with Gasteiger partial charge < -0.3 is 19.2 Å². The largest absolute Gasteiger partial charge is 0.481 e. The molecule has 0 amide bonds. The number of ether oxygens (including phenoxy) is 1. The third kappa shape index (κ3) is 3.71. The Bertz CT molecular complexity index is 1180. The number of benzene rings is 2. The molecule has 0 aliphatic carbocycles. The molecule has 0 fully saturated rings. The summed E-state index contributed by atoms with van der Waals surface area (Å²) >= 11 is 0. The van der Waals surface area contributed by atoms with E-state index >= 15 is 0 Å². The van der Waals surface area contributed by atoms with Gasteiger partial charge in [0.15, 0.2) is 0 Å². The predicted octanol–water partition coefficient (Wildman–Crippen LogP) is 4.53. The molecule has 2 aromatic heterocycles. The zero-order valence-corrected chi connectivity index (χ0v) is 16.4. The van der Waals surface area contributed by atoms with Gasteiger partial charge in [-0.05, 0) is 55.2 Å². The lowest BCUT2D eigenvalue weighted by molar-refractivity contribution is -0.136. The predicted molar refractivity (Wildman–Crippen MR) is 109 cm³/mol. The Morgan fingerprint density at radius 2 is 1.90 bits per heavy atom. The number of carboxylic acid groups (broad SMARTS) is 1. The van der Waals surface area contributed by atoms with Crippen molar-refractivity contribution in [2.75, 3.05) is 7.11 Å². The maximum atomic E-state index is 10.9. The van der Waals surface area contributed by atoms with Crippen molar-refractivity contribution in [2.24, 2.45) is 0 Å². The standard InChI is InChI=1S/C22H21N3O4/c1-12-8-14(4-7-19(26)27)9-13(2)20(12)18-10-15-5-6-16(11-17(15)23-18)21-24-25-22(28-3)29-21/h5-6,8-11,23H,4,7H2,1-3H3,(H,26,27). The molecule has 0 aliphatic rings. The Labute approximate surface area is 167 Å². The number of methoxy groups -OCH3 is 1. The molecule has 0 bridgehead atoms. The first-order chi connectivity index (χ1) is 13.9. The van der Waals surface area contributed by atoms with E-state index in [1.54, 1.807) is 0 Å². The number of carboxylic acids is 1. The van der Waals surface area contributed by atoms with Gasteiger partial charge in [0.1, 0.15) is 0 Å². The number of nitrogens with zero attached hydrogens (tertiary/aromatic N) is 2. The molecule has 0 saturated carbocycles. The summed E-state index contributed by atoms with van der Waals surface area (Å²) in [5.41, 5.74) is 7.16. The van der Waals surface area contributed by atoms with E-state index in [9.17, 15) is 4.79 Å². The maximum absolute atomic E-state index is 10.9. The first-order valence-electron chi connectivity index (χ1n) is 9.27. The van der Waals surface area contributed by atoms with Crippen LogP contribution in [0.25, 0.3) is 33.6 Å². The van der Waals surface area contributed by atoms with Gasteiger partial charge in [0, 0.05) is 34.1 Å². The van der Waals surface area contributed by atoms with Crippen molar-refractivity contribution < 1.29 is 19.1 Å². The van der Waals surface area contributed by atoms with Crippen LogP contribution in [0.15, 0.2) is 40.8 Å². The van der Waals surface area contributed by atoms with Crippen LogP contribution >= 0.6 is 0 Å². The average Bonchev–Trinajstić information content (AvgIpc) is 3.32. The van der Waals surface area contributed by atoms with E-state index < -0.39 is 5.97 Å². The molecule has 7 heteroatoms. The van der Waals surface area contributed by atoms with E-state index in [1.165, 1.54) is 7.11 Å². The third-order valence-corrected chi connectivity index (χ3v) is 4.94. The molecule has 2 heterocycles. The third-order valence-electron chi connectivity index (χ3n) is 4.94. The lowest BCUT2D eigenvalue weighted by Crippen LogP contribution is -1.99. The number of aryl methyl sites for hydroxylation is 3. The van der Waals surface area contributed by atoms with E-state index in [0.29, 0.717) is 12.3 Å². The summed E-state index contributed by atoms with van der Waals surface area (Å²) in [4.78, 5) is 14.3. The molecule has 148 valence electrons. The number of aliphatic carboxylic acids is 1. The second-order valence-electron chi connectivity index (χ2n) is 7.06. The van der Waals surface area contributed by atoms with Gasteiger partial charge in [0.2, 0.25) is 0 Å². The highest BCUT2D eigenvalue weighted by atomic mass is 16.6. The van der Waals surface area contributed by atoms with Crippen molar-refractivity contribution in [3.63, 3.8) is 0 Å². The Morgan fingerprint density at radius 1 is 1.14 bits per heavy atom. The normalized spacial score (nSPS) is 11.1. The topological polar surface area (TPSA) is 101 Å². The van der Waals surface area contributed by atoms with E-state index in [2.05, 4.69) is 33.4 Å². The molecule has 0 atom stereocenters. The molecule has 4 aromatic rings. The fourth-order valence-electron chi connectivity index (χ4n) is 3.68. The lowest BCUT2D eigenvalue weighted by atomic mass is 9.95. The Morgan fingerprint density at radius 3 is 2.55 bits per heavy atom. The van der Waals surface area contributed by atoms with Crippen LogP contribution in [-0.2, 0) is 11.2 Å². The molecule has 0 aliphatic heterocycles. The first-order valence-corrected chi connectivity index (χ1v) is 9.27. The number of hydrogen-bond acceptors (Lipinski definition) is 5. The smallest absolute Gasteiger partial charge is 0.414 e. The molecule has 0 spiro atoms. The Kier molecular flexibility index (Phi) is 4.80. The first kappa shape index (κ1) is 18.7. The SMILES string of the molecule is COc1nnc(-c2ccc3cc(-c4c(C)cc(CCC(=O)O)cc4C)[nH]c3c2)o1. The van der Waals surface area contributed by atoms with E-state index in [-0.39, 0.29) is 12.5 Å². The highest BCUT2D eigenvalue weighted by Crippen LogP contribution is 2.32. The monoisotopic (exact) mass is 391 g/mol. The second-order valence-corrected chi connectivity index (χ2v) is 7.06. The molecule has 29 heavy (non-hydrogen) atoms. The van der Waals surface area contributed by atoms with Crippen LogP contribution in [0.4, 0.5) is 0 Å². The summed E-state index contributed by atoms with van der Waals surface area (Å²) in [6.07, 6.45) is 0.788. The van der Waals surface area contributed by atoms with Crippen molar-refractivity contribution in [3.8, 4) is 28.8 Å². The van der Waals surface area contributed by atoms with Gasteiger partial charge in [-0.1, -0.05) is 23.3 Å². The van der Waals surface area contributed by atoms with Crippen LogP contribution in [-0.4, -0.2) is 33.4 Å². The molecule has 4 rings (SSSR count). The lowest BCUT2D eigenvalue weighted by Gasteiger charge is -2.11. The summed E-state index contributed by atoms with van der Waals surface area (Å²) in [7, 11) is 1.48. The number of carbonyl (C=O) groups is 1. The molecule has 0 saturated heterocycles. The zero-order chi connectivity index (χ0) is 20.5. The van der Waals surface area contributed by atoms with Crippen molar-refractivity contribution in [3.05, 3.63) is 53.1 Å². The quantitative estimate of drug-likeness (QED) is 0.501. The van der Waals surface area contributed by atoms with Crippen LogP contribution in [0.5, 0.6) is 6.08 Å². The molecular weight excluding hydrogens is 370 g/mol. The number of nitrogens with one attached hydrogen (secondary N) is 1. The van der Waals surface area contributed by atoms with E-state index in [4.69, 9.17) is 14.3 Å². The minimum absolute atomic E-state index is 0.126. The summed E-state index contributed by atoms with van der Waals surface area (Å²) in [5.74, 6) is -0.385. The fraction of sp³-hybridized carbons (Fsp3) is 0.227. The minimum atomic E-state index is -0.783. The second kappa shape index (κ2) is 7.43. The zero-order valence-electron chi connectivity index (χ0n) is 16.4. The van der Waals surface area contributed by atoms with Crippen molar-refractivity contribution >= 4 is 16.9 Å². The number of aromatic nitrogens is 3. The van der Waals surface area contributed by atoms with Gasteiger partial charge in [-0.25, -0.2) is 0 Å². The number of hydrogen-bond donors (Lipinski definition) is 2. The van der Waals surface area contributed by atoms with Gasteiger partial charge in [-0.3, -0.25) is 4.79 Å². The number of aromatic amines is 1. The van der Waals surface area contributed by atoms with Gasteiger partial charge in [0.25, 0.3) is 5.89 Å². The van der Waals surface area contributed by atoms with Crippen molar-refractivity contribution in [1.29, 1.82) is 0 Å². The summed E-state index contributed by atoms with van der Waals surface area (Å²) in [5, 5.41) is 17.8. The number of fused-ring (bicyclic) bond motifs is 1. The van der Waals surface area contributed by atoms with Gasteiger partial charge >= 0.3 is 12.0 Å².